The maximum atomic E-state index is 9.77. The minimum absolute atomic E-state index is 0.0387. The fourth-order valence-electron chi connectivity index (χ4n) is 1.97. The van der Waals surface area contributed by atoms with Crippen LogP contribution >= 0.6 is 0 Å². The monoisotopic (exact) mass is 255 g/mol. The molecule has 18 heavy (non-hydrogen) atoms. The molecule has 0 aliphatic carbocycles. The van der Waals surface area contributed by atoms with Crippen molar-refractivity contribution in [2.45, 2.75) is 32.2 Å². The molecule has 0 saturated heterocycles. The molecule has 0 aliphatic heterocycles. The molecule has 0 aromatic heterocycles. The largest absolute Gasteiger partial charge is 0.508 e. The van der Waals surface area contributed by atoms with Gasteiger partial charge in [-0.25, -0.2) is 0 Å². The van der Waals surface area contributed by atoms with Gasteiger partial charge >= 0.3 is 0 Å². The molecular weight excluding hydrogens is 234 g/mol. The first kappa shape index (κ1) is 14.8. The Kier molecular flexibility index (Phi) is 5.40. The molecule has 0 fully saturated rings. The molecule has 5 nitrogen and oxygen atoms in total. The lowest BCUT2D eigenvalue weighted by Gasteiger charge is -2.26. The van der Waals surface area contributed by atoms with E-state index in [2.05, 4.69) is 5.32 Å². The molecule has 3 N–H and O–H groups in total. The van der Waals surface area contributed by atoms with Gasteiger partial charge in [0.05, 0.1) is 6.04 Å². The molecule has 0 bridgehead atoms. The smallest absolute Gasteiger partial charge is 0.171 e. The number of phenolic OH excluding ortho intramolecular Hbond substituents is 2. The number of ether oxygens (including phenoxy) is 2. The van der Waals surface area contributed by atoms with E-state index in [1.54, 1.807) is 26.4 Å². The van der Waals surface area contributed by atoms with Crippen LogP contribution in [-0.2, 0) is 9.47 Å². The van der Waals surface area contributed by atoms with Crippen LogP contribution in [0.15, 0.2) is 18.2 Å². The van der Waals surface area contributed by atoms with Crippen molar-refractivity contribution < 1.29 is 19.7 Å². The molecule has 102 valence electrons. The molecule has 0 heterocycles. The second-order valence-corrected chi connectivity index (χ2v) is 4.26. The van der Waals surface area contributed by atoms with E-state index in [0.717, 1.165) is 0 Å². The normalized spacial score (nSPS) is 14.7. The predicted octanol–water partition coefficient (Wildman–Crippen LogP) is 1.76. The summed E-state index contributed by atoms with van der Waals surface area (Å²) in [5.74, 6) is 0.108. The van der Waals surface area contributed by atoms with Crippen molar-refractivity contribution in [3.8, 4) is 11.5 Å². The van der Waals surface area contributed by atoms with E-state index < -0.39 is 0 Å². The lowest BCUT2D eigenvalue weighted by atomic mass is 10.1. The van der Waals surface area contributed by atoms with E-state index in [1.165, 1.54) is 6.07 Å². The van der Waals surface area contributed by atoms with Gasteiger partial charge in [0, 0.05) is 31.9 Å². The minimum atomic E-state index is -0.355. The van der Waals surface area contributed by atoms with Crippen LogP contribution in [0.25, 0.3) is 0 Å². The van der Waals surface area contributed by atoms with Crippen LogP contribution in [0.5, 0.6) is 11.5 Å². The second kappa shape index (κ2) is 6.58. The first-order valence-corrected chi connectivity index (χ1v) is 5.83. The van der Waals surface area contributed by atoms with Gasteiger partial charge in [-0.1, -0.05) is 6.07 Å². The molecule has 0 aliphatic rings. The van der Waals surface area contributed by atoms with Gasteiger partial charge in [-0.3, -0.25) is 0 Å². The maximum Gasteiger partial charge on any atom is 0.171 e. The van der Waals surface area contributed by atoms with Crippen LogP contribution in [0, 0.1) is 0 Å². The van der Waals surface area contributed by atoms with Crippen molar-refractivity contribution in [3.05, 3.63) is 23.8 Å². The highest BCUT2D eigenvalue weighted by atomic mass is 16.7. The summed E-state index contributed by atoms with van der Waals surface area (Å²) in [6.07, 6.45) is -0.355. The number of hydrogen-bond acceptors (Lipinski definition) is 5. The number of rotatable bonds is 6. The molecule has 2 unspecified atom stereocenters. The highest BCUT2D eigenvalue weighted by Gasteiger charge is 2.19. The Morgan fingerprint density at radius 1 is 1.11 bits per heavy atom. The van der Waals surface area contributed by atoms with Crippen LogP contribution in [0.1, 0.15) is 25.5 Å². The second-order valence-electron chi connectivity index (χ2n) is 4.26. The first-order valence-electron chi connectivity index (χ1n) is 5.83. The molecule has 5 heteroatoms. The molecule has 1 rings (SSSR count). The molecule has 0 amide bonds. The predicted molar refractivity (Wildman–Crippen MR) is 68.6 cm³/mol. The molecule has 2 atom stereocenters. The molecule has 0 saturated carbocycles. The number of nitrogens with one attached hydrogen (secondary N) is 1. The summed E-state index contributed by atoms with van der Waals surface area (Å²) in [5, 5.41) is 22.3. The zero-order valence-corrected chi connectivity index (χ0v) is 11.2. The van der Waals surface area contributed by atoms with E-state index in [1.807, 2.05) is 13.8 Å². The van der Waals surface area contributed by atoms with Crippen molar-refractivity contribution >= 4 is 0 Å². The van der Waals surface area contributed by atoms with Gasteiger partial charge in [0.25, 0.3) is 0 Å². The van der Waals surface area contributed by atoms with Crippen LogP contribution in [0.3, 0.4) is 0 Å². The quantitative estimate of drug-likeness (QED) is 0.676. The van der Waals surface area contributed by atoms with Gasteiger partial charge < -0.3 is 25.0 Å². The van der Waals surface area contributed by atoms with Crippen LogP contribution in [0.2, 0.25) is 0 Å². The third-order valence-electron chi connectivity index (χ3n) is 2.87. The number of hydrogen-bond donors (Lipinski definition) is 3. The lowest BCUT2D eigenvalue weighted by molar-refractivity contribution is -0.120. The third-order valence-corrected chi connectivity index (χ3v) is 2.87. The average Bonchev–Trinajstić information content (AvgIpc) is 2.30. The SMILES string of the molecule is COC(OC)C(C)NC(C)c1ccc(O)cc1O. The van der Waals surface area contributed by atoms with Crippen molar-refractivity contribution in [3.63, 3.8) is 0 Å². The van der Waals surface area contributed by atoms with Gasteiger partial charge in [-0.05, 0) is 19.9 Å². The third kappa shape index (κ3) is 3.60. The Morgan fingerprint density at radius 3 is 2.22 bits per heavy atom. The number of benzene rings is 1. The Balaban J connectivity index is 2.72. The molecule has 0 radical (unpaired) electrons. The summed E-state index contributed by atoms with van der Waals surface area (Å²) in [7, 11) is 3.16. The van der Waals surface area contributed by atoms with Crippen LogP contribution in [-0.4, -0.2) is 36.8 Å². The summed E-state index contributed by atoms with van der Waals surface area (Å²) < 4.78 is 10.3. The van der Waals surface area contributed by atoms with E-state index in [-0.39, 0.29) is 29.9 Å². The molecular formula is C13H21NO4. The van der Waals surface area contributed by atoms with Crippen molar-refractivity contribution in [1.82, 2.24) is 5.32 Å². The van der Waals surface area contributed by atoms with Gasteiger partial charge in [-0.2, -0.15) is 0 Å². The number of aromatic hydroxyl groups is 2. The molecule has 1 aromatic carbocycles. The van der Waals surface area contributed by atoms with Gasteiger partial charge in [0.1, 0.15) is 11.5 Å². The van der Waals surface area contributed by atoms with E-state index in [0.29, 0.717) is 5.56 Å². The molecule has 1 aromatic rings. The standard InChI is InChI=1S/C13H21NO4/c1-8(14-9(2)13(17-3)18-4)11-6-5-10(15)7-12(11)16/h5-9,13-16H,1-4H3. The van der Waals surface area contributed by atoms with Gasteiger partial charge in [-0.15, -0.1) is 0 Å². The number of methoxy groups -OCH3 is 2. The summed E-state index contributed by atoms with van der Waals surface area (Å²) in [6.45, 7) is 3.86. The zero-order valence-electron chi connectivity index (χ0n) is 11.2. The van der Waals surface area contributed by atoms with Crippen molar-refractivity contribution in [2.24, 2.45) is 0 Å². The summed E-state index contributed by atoms with van der Waals surface area (Å²) in [6, 6.07) is 4.42. The van der Waals surface area contributed by atoms with E-state index in [9.17, 15) is 10.2 Å². The maximum absolute atomic E-state index is 9.77. The number of phenols is 2. The fraction of sp³-hybridized carbons (Fsp3) is 0.538. The van der Waals surface area contributed by atoms with E-state index >= 15 is 0 Å². The van der Waals surface area contributed by atoms with Gasteiger partial charge in [0.15, 0.2) is 6.29 Å². The summed E-state index contributed by atoms with van der Waals surface area (Å²) in [5.41, 5.74) is 0.714. The highest BCUT2D eigenvalue weighted by Crippen LogP contribution is 2.28. The Bertz CT molecular complexity index is 379. The highest BCUT2D eigenvalue weighted by molar-refractivity contribution is 5.40. The fourth-order valence-corrected chi connectivity index (χ4v) is 1.97. The Hall–Kier alpha value is -1.30. The Labute approximate surface area is 107 Å². The zero-order chi connectivity index (χ0) is 13.7. The van der Waals surface area contributed by atoms with Crippen molar-refractivity contribution in [1.29, 1.82) is 0 Å². The molecule has 0 spiro atoms. The lowest BCUT2D eigenvalue weighted by Crippen LogP contribution is -2.40. The van der Waals surface area contributed by atoms with Crippen LogP contribution < -0.4 is 5.32 Å². The summed E-state index contributed by atoms with van der Waals surface area (Å²) in [4.78, 5) is 0. The van der Waals surface area contributed by atoms with Crippen LogP contribution in [0.4, 0.5) is 0 Å². The van der Waals surface area contributed by atoms with E-state index in [4.69, 9.17) is 9.47 Å². The Morgan fingerprint density at radius 2 is 1.72 bits per heavy atom. The topological polar surface area (TPSA) is 71.0 Å². The van der Waals surface area contributed by atoms with Gasteiger partial charge in [0.2, 0.25) is 0 Å². The minimum Gasteiger partial charge on any atom is -0.508 e. The van der Waals surface area contributed by atoms with Crippen molar-refractivity contribution in [2.75, 3.05) is 14.2 Å². The summed E-state index contributed by atoms with van der Waals surface area (Å²) >= 11 is 0. The first-order chi connectivity index (χ1) is 8.49. The average molecular weight is 255 g/mol.